The molecule has 2 nitrogen and oxygen atoms in total. The predicted molar refractivity (Wildman–Crippen MR) is 64.4 cm³/mol. The van der Waals surface area contributed by atoms with E-state index in [0.29, 0.717) is 18.7 Å². The maximum absolute atomic E-state index is 13.8. The number of rotatable bonds is 4. The molecule has 0 saturated carbocycles. The van der Waals surface area contributed by atoms with Crippen LogP contribution in [-0.4, -0.2) is 43.5 Å². The lowest BCUT2D eigenvalue weighted by molar-refractivity contribution is -0.0337. The Morgan fingerprint density at radius 2 is 1.76 bits per heavy atom. The van der Waals surface area contributed by atoms with E-state index in [1.807, 2.05) is 11.0 Å². The number of nitrogens with zero attached hydrogens (tertiary/aromatic N) is 1. The summed E-state index contributed by atoms with van der Waals surface area (Å²) < 4.78 is 27.7. The van der Waals surface area contributed by atoms with Crippen LogP contribution in [0.3, 0.4) is 0 Å². The van der Waals surface area contributed by atoms with Crippen LogP contribution in [0.5, 0.6) is 0 Å². The molecule has 0 aromatic heterocycles. The monoisotopic (exact) mass is 240 g/mol. The lowest BCUT2D eigenvalue weighted by atomic mass is 10.1. The number of halogens is 2. The Balaban J connectivity index is 1.89. The highest BCUT2D eigenvalue weighted by Gasteiger charge is 2.32. The molecular formula is C13H18F2N2. The fourth-order valence-corrected chi connectivity index (χ4v) is 2.15. The quantitative estimate of drug-likeness (QED) is 0.863. The molecule has 4 heteroatoms. The number of hydrogen-bond donors (Lipinski definition) is 1. The molecule has 1 aliphatic rings. The first-order valence-corrected chi connectivity index (χ1v) is 6.01. The highest BCUT2D eigenvalue weighted by Crippen LogP contribution is 2.21. The zero-order valence-electron chi connectivity index (χ0n) is 9.83. The third-order valence-corrected chi connectivity index (χ3v) is 2.97. The van der Waals surface area contributed by atoms with Gasteiger partial charge in [0, 0.05) is 32.6 Å². The topological polar surface area (TPSA) is 15.3 Å². The second kappa shape index (κ2) is 5.56. The van der Waals surface area contributed by atoms with Crippen molar-refractivity contribution in [2.24, 2.45) is 0 Å². The van der Waals surface area contributed by atoms with E-state index in [9.17, 15) is 8.78 Å². The van der Waals surface area contributed by atoms with Crippen molar-refractivity contribution in [3.8, 4) is 0 Å². The molecule has 1 aromatic rings. The molecule has 1 heterocycles. The molecule has 1 aliphatic heterocycles. The Bertz CT molecular complexity index is 335. The molecule has 0 atom stereocenters. The van der Waals surface area contributed by atoms with Crippen molar-refractivity contribution in [1.82, 2.24) is 10.2 Å². The smallest absolute Gasteiger partial charge is 0.264 e. The lowest BCUT2D eigenvalue weighted by Gasteiger charge is -2.30. The second-order valence-corrected chi connectivity index (χ2v) is 4.54. The molecule has 1 N–H and O–H groups in total. The highest BCUT2D eigenvalue weighted by atomic mass is 19.3. The Kier molecular flexibility index (Phi) is 4.07. The molecule has 0 amide bonds. The molecular weight excluding hydrogens is 222 g/mol. The van der Waals surface area contributed by atoms with Gasteiger partial charge in [-0.05, 0) is 5.56 Å². The van der Waals surface area contributed by atoms with Crippen molar-refractivity contribution >= 4 is 0 Å². The van der Waals surface area contributed by atoms with E-state index in [-0.39, 0.29) is 13.0 Å². The van der Waals surface area contributed by atoms with Gasteiger partial charge in [-0.1, -0.05) is 30.3 Å². The molecule has 17 heavy (non-hydrogen) atoms. The van der Waals surface area contributed by atoms with Gasteiger partial charge in [0.15, 0.2) is 0 Å². The zero-order chi connectivity index (χ0) is 12.1. The van der Waals surface area contributed by atoms with E-state index in [1.165, 1.54) is 0 Å². The SMILES string of the molecule is FC(F)(Cc1ccccc1)CN1CCNCC1. The van der Waals surface area contributed by atoms with Crippen molar-refractivity contribution in [3.63, 3.8) is 0 Å². The van der Waals surface area contributed by atoms with Gasteiger partial charge in [0.05, 0.1) is 6.54 Å². The van der Waals surface area contributed by atoms with E-state index >= 15 is 0 Å². The van der Waals surface area contributed by atoms with Crippen LogP contribution in [0.2, 0.25) is 0 Å². The Morgan fingerprint density at radius 1 is 1.12 bits per heavy atom. The average molecular weight is 240 g/mol. The van der Waals surface area contributed by atoms with Gasteiger partial charge in [-0.25, -0.2) is 8.78 Å². The highest BCUT2D eigenvalue weighted by molar-refractivity contribution is 5.16. The van der Waals surface area contributed by atoms with Gasteiger partial charge in [0.1, 0.15) is 0 Å². The maximum atomic E-state index is 13.8. The summed E-state index contributed by atoms with van der Waals surface area (Å²) in [5.74, 6) is -2.64. The van der Waals surface area contributed by atoms with Crippen molar-refractivity contribution < 1.29 is 8.78 Å². The molecule has 2 rings (SSSR count). The van der Waals surface area contributed by atoms with E-state index in [1.54, 1.807) is 24.3 Å². The third-order valence-electron chi connectivity index (χ3n) is 2.97. The van der Waals surface area contributed by atoms with Gasteiger partial charge in [0.2, 0.25) is 0 Å². The summed E-state index contributed by atoms with van der Waals surface area (Å²) in [6.45, 7) is 2.90. The molecule has 0 unspecified atom stereocenters. The van der Waals surface area contributed by atoms with Gasteiger partial charge in [0.25, 0.3) is 5.92 Å². The fourth-order valence-electron chi connectivity index (χ4n) is 2.15. The summed E-state index contributed by atoms with van der Waals surface area (Å²) in [5.41, 5.74) is 0.702. The molecule has 1 fully saturated rings. The summed E-state index contributed by atoms with van der Waals surface area (Å²) in [6, 6.07) is 8.96. The second-order valence-electron chi connectivity index (χ2n) is 4.54. The van der Waals surface area contributed by atoms with Crippen LogP contribution in [0.25, 0.3) is 0 Å². The van der Waals surface area contributed by atoms with Crippen LogP contribution < -0.4 is 5.32 Å². The molecule has 0 bridgehead atoms. The Hall–Kier alpha value is -1.00. The molecule has 1 aromatic carbocycles. The molecule has 0 radical (unpaired) electrons. The van der Waals surface area contributed by atoms with Gasteiger partial charge in [-0.15, -0.1) is 0 Å². The molecule has 94 valence electrons. The van der Waals surface area contributed by atoms with Crippen molar-refractivity contribution in [3.05, 3.63) is 35.9 Å². The average Bonchev–Trinajstić information content (AvgIpc) is 2.30. The lowest BCUT2D eigenvalue weighted by Crippen LogP contribution is -2.48. The first-order chi connectivity index (χ1) is 8.16. The van der Waals surface area contributed by atoms with Gasteiger partial charge >= 0.3 is 0 Å². The van der Waals surface area contributed by atoms with Crippen molar-refractivity contribution in [2.75, 3.05) is 32.7 Å². The Morgan fingerprint density at radius 3 is 2.41 bits per heavy atom. The number of nitrogens with one attached hydrogen (secondary N) is 1. The standard InChI is InChI=1S/C13H18F2N2/c14-13(15,10-12-4-2-1-3-5-12)11-17-8-6-16-7-9-17/h1-5,16H,6-11H2. The minimum atomic E-state index is -2.64. The normalized spacial score (nSPS) is 18.2. The van der Waals surface area contributed by atoms with Crippen molar-refractivity contribution in [1.29, 1.82) is 0 Å². The third kappa shape index (κ3) is 4.06. The maximum Gasteiger partial charge on any atom is 0.264 e. The van der Waals surface area contributed by atoms with E-state index < -0.39 is 5.92 Å². The summed E-state index contributed by atoms with van der Waals surface area (Å²) in [5, 5.41) is 3.16. The fraction of sp³-hybridized carbons (Fsp3) is 0.538. The first kappa shape index (κ1) is 12.5. The number of piperazine rings is 1. The van der Waals surface area contributed by atoms with Crippen LogP contribution in [0, 0.1) is 0 Å². The first-order valence-electron chi connectivity index (χ1n) is 6.01. The van der Waals surface area contributed by atoms with Gasteiger partial charge in [-0.2, -0.15) is 0 Å². The summed E-state index contributed by atoms with van der Waals surface area (Å²) in [6.07, 6.45) is -0.169. The van der Waals surface area contributed by atoms with Crippen LogP contribution >= 0.6 is 0 Å². The van der Waals surface area contributed by atoms with E-state index in [2.05, 4.69) is 5.32 Å². The summed E-state index contributed by atoms with van der Waals surface area (Å²) in [7, 11) is 0. The van der Waals surface area contributed by atoms with E-state index in [4.69, 9.17) is 0 Å². The number of hydrogen-bond acceptors (Lipinski definition) is 2. The minimum Gasteiger partial charge on any atom is -0.314 e. The van der Waals surface area contributed by atoms with Crippen LogP contribution in [0.4, 0.5) is 8.78 Å². The van der Waals surface area contributed by atoms with Crippen LogP contribution in [0.15, 0.2) is 30.3 Å². The number of benzene rings is 1. The largest absolute Gasteiger partial charge is 0.314 e. The molecule has 1 saturated heterocycles. The summed E-state index contributed by atoms with van der Waals surface area (Å²) in [4.78, 5) is 1.83. The molecule has 0 spiro atoms. The number of alkyl halides is 2. The van der Waals surface area contributed by atoms with Crippen LogP contribution in [0.1, 0.15) is 5.56 Å². The van der Waals surface area contributed by atoms with Crippen LogP contribution in [-0.2, 0) is 6.42 Å². The summed E-state index contributed by atoms with van der Waals surface area (Å²) >= 11 is 0. The Labute approximate surface area is 101 Å². The zero-order valence-corrected chi connectivity index (χ0v) is 9.83. The minimum absolute atomic E-state index is 0.135. The van der Waals surface area contributed by atoms with Crippen molar-refractivity contribution in [2.45, 2.75) is 12.3 Å². The predicted octanol–water partition coefficient (Wildman–Crippen LogP) is 1.77. The molecule has 0 aliphatic carbocycles. The van der Waals surface area contributed by atoms with Gasteiger partial charge < -0.3 is 5.32 Å². The van der Waals surface area contributed by atoms with E-state index in [0.717, 1.165) is 13.1 Å². The van der Waals surface area contributed by atoms with Gasteiger partial charge in [-0.3, -0.25) is 4.90 Å².